The molecule has 0 heterocycles. The molecule has 0 fully saturated rings. The van der Waals surface area contributed by atoms with Crippen LogP contribution < -0.4 is 10.5 Å². The number of hydrogen-bond acceptors (Lipinski definition) is 4. The number of ether oxygens (including phenoxy) is 1. The highest BCUT2D eigenvalue weighted by atomic mass is 32.2. The minimum absolute atomic E-state index is 0.249. The van der Waals surface area contributed by atoms with Crippen LogP contribution in [-0.4, -0.2) is 14.7 Å². The molecule has 0 radical (unpaired) electrons. The van der Waals surface area contributed by atoms with Crippen LogP contribution in [0.1, 0.15) is 0 Å². The maximum Gasteiger partial charge on any atom is 0.175 e. The fraction of sp³-hybridized carbons (Fsp3) is 0.0769. The molecule has 0 saturated heterocycles. The highest BCUT2D eigenvalue weighted by Gasteiger charge is 2.06. The van der Waals surface area contributed by atoms with Gasteiger partial charge in [-0.2, -0.15) is 0 Å². The van der Waals surface area contributed by atoms with Gasteiger partial charge < -0.3 is 10.5 Å². The monoisotopic (exact) mass is 265 g/mol. The van der Waals surface area contributed by atoms with Crippen molar-refractivity contribution >= 4 is 9.84 Å². The zero-order valence-electron chi connectivity index (χ0n) is 10.0. The van der Waals surface area contributed by atoms with E-state index in [4.69, 9.17) is 10.5 Å². The summed E-state index contributed by atoms with van der Waals surface area (Å²) in [6.45, 7) is 3.56. The lowest BCUT2D eigenvalue weighted by molar-refractivity contribution is 0.444. The van der Waals surface area contributed by atoms with Crippen LogP contribution in [0.3, 0.4) is 0 Å². The van der Waals surface area contributed by atoms with Crippen molar-refractivity contribution < 1.29 is 13.2 Å². The van der Waals surface area contributed by atoms with E-state index >= 15 is 0 Å². The van der Waals surface area contributed by atoms with Crippen LogP contribution in [0.4, 0.5) is 0 Å². The van der Waals surface area contributed by atoms with Gasteiger partial charge in [-0.25, -0.2) is 8.42 Å². The van der Waals surface area contributed by atoms with E-state index in [1.165, 1.54) is 18.3 Å². The van der Waals surface area contributed by atoms with Gasteiger partial charge >= 0.3 is 0 Å². The molecule has 1 aromatic rings. The Morgan fingerprint density at radius 1 is 1.33 bits per heavy atom. The van der Waals surface area contributed by atoms with Gasteiger partial charge in [0.25, 0.3) is 0 Å². The van der Waals surface area contributed by atoms with E-state index in [-0.39, 0.29) is 4.90 Å². The SMILES string of the molecule is C=C/C=C(\C=C/N)Oc1ccc(S(C)(=O)=O)cc1. The predicted octanol–water partition coefficient (Wildman–Crippen LogP) is 2.01. The van der Waals surface area contributed by atoms with E-state index in [0.29, 0.717) is 11.5 Å². The first-order valence-electron chi connectivity index (χ1n) is 5.16. The van der Waals surface area contributed by atoms with Crippen LogP contribution in [0.2, 0.25) is 0 Å². The molecule has 0 aliphatic carbocycles. The third-order valence-corrected chi connectivity index (χ3v) is 3.16. The molecular formula is C13H15NO3S. The second-order valence-corrected chi connectivity index (χ2v) is 5.53. The molecule has 0 aliphatic rings. The van der Waals surface area contributed by atoms with Crippen molar-refractivity contribution in [3.63, 3.8) is 0 Å². The number of benzene rings is 1. The summed E-state index contributed by atoms with van der Waals surface area (Å²) in [5.74, 6) is 1.04. The first-order valence-corrected chi connectivity index (χ1v) is 7.05. The van der Waals surface area contributed by atoms with Crippen molar-refractivity contribution in [2.75, 3.05) is 6.26 Å². The van der Waals surface area contributed by atoms with Crippen LogP contribution in [0.15, 0.2) is 65.9 Å². The fourth-order valence-electron chi connectivity index (χ4n) is 1.23. The summed E-state index contributed by atoms with van der Waals surface area (Å²) in [5, 5.41) is 0. The molecule has 0 saturated carbocycles. The van der Waals surface area contributed by atoms with E-state index in [1.54, 1.807) is 30.4 Å². The summed E-state index contributed by atoms with van der Waals surface area (Å²) in [7, 11) is -3.19. The summed E-state index contributed by atoms with van der Waals surface area (Å²) < 4.78 is 28.0. The molecule has 0 amide bonds. The predicted molar refractivity (Wildman–Crippen MR) is 71.8 cm³/mol. The van der Waals surface area contributed by atoms with Gasteiger partial charge in [0.15, 0.2) is 9.84 Å². The van der Waals surface area contributed by atoms with Gasteiger partial charge in [0.1, 0.15) is 11.5 Å². The summed E-state index contributed by atoms with van der Waals surface area (Å²) in [6, 6.07) is 6.14. The number of rotatable bonds is 5. The Balaban J connectivity index is 2.93. The molecule has 5 heteroatoms. The molecule has 0 atom stereocenters. The highest BCUT2D eigenvalue weighted by Crippen LogP contribution is 2.18. The van der Waals surface area contributed by atoms with Crippen LogP contribution >= 0.6 is 0 Å². The van der Waals surface area contributed by atoms with Crippen LogP contribution in [0, 0.1) is 0 Å². The average Bonchev–Trinajstić information content (AvgIpc) is 2.29. The lowest BCUT2D eigenvalue weighted by Crippen LogP contribution is -1.97. The third-order valence-electron chi connectivity index (χ3n) is 2.03. The van der Waals surface area contributed by atoms with E-state index in [0.717, 1.165) is 6.26 Å². The Morgan fingerprint density at radius 2 is 1.94 bits per heavy atom. The second-order valence-electron chi connectivity index (χ2n) is 3.51. The molecule has 0 spiro atoms. The van der Waals surface area contributed by atoms with Crippen molar-refractivity contribution in [2.45, 2.75) is 4.90 Å². The maximum absolute atomic E-state index is 11.3. The minimum Gasteiger partial charge on any atom is -0.457 e. The fourth-order valence-corrected chi connectivity index (χ4v) is 1.86. The van der Waals surface area contributed by atoms with E-state index < -0.39 is 9.84 Å². The first kappa shape index (κ1) is 14.1. The summed E-state index contributed by atoms with van der Waals surface area (Å²) in [5.41, 5.74) is 5.28. The van der Waals surface area contributed by atoms with Gasteiger partial charge in [0.2, 0.25) is 0 Å². The van der Waals surface area contributed by atoms with Crippen molar-refractivity contribution in [1.82, 2.24) is 0 Å². The lowest BCUT2D eigenvalue weighted by atomic mass is 10.3. The summed E-state index contributed by atoms with van der Waals surface area (Å²) >= 11 is 0. The van der Waals surface area contributed by atoms with Crippen molar-refractivity contribution in [3.8, 4) is 5.75 Å². The van der Waals surface area contributed by atoms with Gasteiger partial charge in [-0.05, 0) is 42.6 Å². The molecule has 18 heavy (non-hydrogen) atoms. The Hall–Kier alpha value is -2.01. The molecule has 2 N–H and O–H groups in total. The van der Waals surface area contributed by atoms with Gasteiger partial charge in [0, 0.05) is 6.26 Å². The molecule has 0 bridgehead atoms. The van der Waals surface area contributed by atoms with Crippen LogP contribution in [0.25, 0.3) is 0 Å². The van der Waals surface area contributed by atoms with Crippen molar-refractivity contribution in [1.29, 1.82) is 0 Å². The number of hydrogen-bond donors (Lipinski definition) is 1. The van der Waals surface area contributed by atoms with Crippen LogP contribution in [-0.2, 0) is 9.84 Å². The standard InChI is InChI=1S/C13H15NO3S/c1-3-4-11(9-10-14)17-12-5-7-13(8-6-12)18(2,15)16/h3-10H,1,14H2,2H3/b10-9-,11-4+. The number of nitrogens with two attached hydrogens (primary N) is 1. The molecule has 0 unspecified atom stereocenters. The summed E-state index contributed by atoms with van der Waals surface area (Å²) in [6.07, 6.45) is 7.30. The lowest BCUT2D eigenvalue weighted by Gasteiger charge is -2.06. The highest BCUT2D eigenvalue weighted by molar-refractivity contribution is 7.90. The van der Waals surface area contributed by atoms with Gasteiger partial charge in [-0.3, -0.25) is 0 Å². The average molecular weight is 265 g/mol. The zero-order chi connectivity index (χ0) is 13.6. The van der Waals surface area contributed by atoms with Gasteiger partial charge in [-0.1, -0.05) is 12.7 Å². The normalized spacial score (nSPS) is 12.6. The Kier molecular flexibility index (Phi) is 4.74. The maximum atomic E-state index is 11.3. The smallest absolute Gasteiger partial charge is 0.175 e. The van der Waals surface area contributed by atoms with E-state index in [2.05, 4.69) is 6.58 Å². The molecule has 0 aromatic heterocycles. The molecular weight excluding hydrogens is 250 g/mol. The van der Waals surface area contributed by atoms with Crippen molar-refractivity contribution in [2.24, 2.45) is 5.73 Å². The number of sulfone groups is 1. The topological polar surface area (TPSA) is 69.4 Å². The molecule has 4 nitrogen and oxygen atoms in total. The largest absolute Gasteiger partial charge is 0.457 e. The van der Waals surface area contributed by atoms with Gasteiger partial charge in [0.05, 0.1) is 4.90 Å². The van der Waals surface area contributed by atoms with E-state index in [9.17, 15) is 8.42 Å². The molecule has 96 valence electrons. The third kappa shape index (κ3) is 4.10. The first-order chi connectivity index (χ1) is 8.47. The summed E-state index contributed by atoms with van der Waals surface area (Å²) in [4.78, 5) is 0.249. The quantitative estimate of drug-likeness (QED) is 0.653. The van der Waals surface area contributed by atoms with Gasteiger partial charge in [-0.15, -0.1) is 0 Å². The molecule has 1 aromatic carbocycles. The Morgan fingerprint density at radius 3 is 2.39 bits per heavy atom. The second kappa shape index (κ2) is 6.07. The zero-order valence-corrected chi connectivity index (χ0v) is 10.9. The molecule has 1 rings (SSSR count). The van der Waals surface area contributed by atoms with Crippen molar-refractivity contribution in [3.05, 3.63) is 61.0 Å². The minimum atomic E-state index is -3.19. The van der Waals surface area contributed by atoms with Crippen LogP contribution in [0.5, 0.6) is 5.75 Å². The van der Waals surface area contributed by atoms with E-state index in [1.807, 2.05) is 0 Å². The Bertz CT molecular complexity index is 569. The number of allylic oxidation sites excluding steroid dienone is 3. The Labute approximate surface area is 107 Å². The molecule has 0 aliphatic heterocycles.